The molecule has 8 heteroatoms. The van der Waals surface area contributed by atoms with Crippen molar-refractivity contribution in [2.75, 3.05) is 5.32 Å². The third-order valence-corrected chi connectivity index (χ3v) is 4.91. The van der Waals surface area contributed by atoms with Gasteiger partial charge in [0, 0.05) is 48.3 Å². The maximum Gasteiger partial charge on any atom is 0.227 e. The van der Waals surface area contributed by atoms with Crippen molar-refractivity contribution in [2.45, 2.75) is 19.3 Å². The quantitative estimate of drug-likeness (QED) is 0.516. The molecule has 0 radical (unpaired) electrons. The lowest BCUT2D eigenvalue weighted by molar-refractivity contribution is -0.116. The molecule has 0 bridgehead atoms. The van der Waals surface area contributed by atoms with Crippen LogP contribution in [-0.4, -0.2) is 26.0 Å². The van der Waals surface area contributed by atoms with Crippen LogP contribution < -0.4 is 5.32 Å². The number of carbonyl (C=O) groups is 1. The highest BCUT2D eigenvalue weighted by Crippen LogP contribution is 2.21. The van der Waals surface area contributed by atoms with Gasteiger partial charge in [-0.2, -0.15) is 4.98 Å². The predicted molar refractivity (Wildman–Crippen MR) is 106 cm³/mol. The number of rotatable bonds is 7. The standard InChI is InChI=1S/C20H17N5O2S/c26-17(6-7-18-24-19(25-27-18)15-8-10-21-11-9-15)23-20-22-13-16(28-20)12-14-4-2-1-3-5-14/h1-5,8-11,13H,6-7,12H2,(H,22,23,26). The van der Waals surface area contributed by atoms with Crippen LogP contribution in [0.5, 0.6) is 0 Å². The molecule has 0 saturated heterocycles. The molecule has 140 valence electrons. The molecule has 1 N–H and O–H groups in total. The number of nitrogens with zero attached hydrogens (tertiary/aromatic N) is 4. The molecule has 0 fully saturated rings. The average molecular weight is 391 g/mol. The minimum absolute atomic E-state index is 0.135. The van der Waals surface area contributed by atoms with Crippen molar-refractivity contribution >= 4 is 22.4 Å². The van der Waals surface area contributed by atoms with E-state index in [9.17, 15) is 4.79 Å². The van der Waals surface area contributed by atoms with Crippen LogP contribution in [-0.2, 0) is 17.6 Å². The largest absolute Gasteiger partial charge is 0.339 e. The Kier molecular flexibility index (Phi) is 5.48. The molecule has 4 aromatic rings. The van der Waals surface area contributed by atoms with E-state index in [1.165, 1.54) is 16.9 Å². The van der Waals surface area contributed by atoms with E-state index in [0.717, 1.165) is 16.9 Å². The summed E-state index contributed by atoms with van der Waals surface area (Å²) < 4.78 is 5.22. The zero-order valence-corrected chi connectivity index (χ0v) is 15.7. The van der Waals surface area contributed by atoms with Crippen LogP contribution in [0.2, 0.25) is 0 Å². The van der Waals surface area contributed by atoms with Crippen LogP contribution >= 0.6 is 11.3 Å². The molecule has 4 rings (SSSR count). The SMILES string of the molecule is O=C(CCc1nc(-c2ccncc2)no1)Nc1ncc(Cc2ccccc2)s1. The number of aromatic nitrogens is 4. The summed E-state index contributed by atoms with van der Waals surface area (Å²) >= 11 is 1.48. The molecule has 0 unspecified atom stereocenters. The van der Waals surface area contributed by atoms with Gasteiger partial charge in [0.1, 0.15) is 0 Å². The number of carbonyl (C=O) groups excluding carboxylic acids is 1. The minimum atomic E-state index is -0.135. The Bertz CT molecular complexity index is 1050. The third kappa shape index (κ3) is 4.66. The van der Waals surface area contributed by atoms with E-state index in [0.29, 0.717) is 23.3 Å². The normalized spacial score (nSPS) is 10.7. The molecule has 0 aliphatic rings. The van der Waals surface area contributed by atoms with Crippen LogP contribution in [0.4, 0.5) is 5.13 Å². The van der Waals surface area contributed by atoms with Gasteiger partial charge in [-0.1, -0.05) is 35.5 Å². The van der Waals surface area contributed by atoms with E-state index >= 15 is 0 Å². The highest BCUT2D eigenvalue weighted by Gasteiger charge is 2.12. The average Bonchev–Trinajstić information content (AvgIpc) is 3.38. The van der Waals surface area contributed by atoms with Gasteiger partial charge in [-0.3, -0.25) is 9.78 Å². The van der Waals surface area contributed by atoms with Crippen molar-refractivity contribution < 1.29 is 9.32 Å². The minimum Gasteiger partial charge on any atom is -0.339 e. The summed E-state index contributed by atoms with van der Waals surface area (Å²) in [7, 11) is 0. The molecule has 0 aliphatic heterocycles. The first-order chi connectivity index (χ1) is 13.8. The van der Waals surface area contributed by atoms with Gasteiger partial charge in [0.25, 0.3) is 0 Å². The van der Waals surface area contributed by atoms with Crippen molar-refractivity contribution in [3.8, 4) is 11.4 Å². The molecule has 7 nitrogen and oxygen atoms in total. The molecule has 1 aromatic carbocycles. The molecule has 0 spiro atoms. The van der Waals surface area contributed by atoms with Crippen LogP contribution in [0.3, 0.4) is 0 Å². The number of hydrogen-bond donors (Lipinski definition) is 1. The fourth-order valence-corrected chi connectivity index (χ4v) is 3.48. The maximum absolute atomic E-state index is 12.2. The molecule has 0 aliphatic carbocycles. The highest BCUT2D eigenvalue weighted by atomic mass is 32.1. The van der Waals surface area contributed by atoms with Crippen LogP contribution in [0.1, 0.15) is 22.8 Å². The Labute approximate surface area is 165 Å². The summed E-state index contributed by atoms with van der Waals surface area (Å²) in [5, 5.41) is 7.36. The van der Waals surface area contributed by atoms with E-state index in [2.05, 4.69) is 37.6 Å². The molecule has 0 atom stereocenters. The van der Waals surface area contributed by atoms with E-state index in [1.54, 1.807) is 30.7 Å². The Morgan fingerprint density at radius 1 is 1.11 bits per heavy atom. The van der Waals surface area contributed by atoms with Crippen molar-refractivity contribution in [3.05, 3.63) is 77.4 Å². The first kappa shape index (κ1) is 18.0. The molecule has 0 saturated carbocycles. The summed E-state index contributed by atoms with van der Waals surface area (Å²) in [5.74, 6) is 0.776. The summed E-state index contributed by atoms with van der Waals surface area (Å²) in [5.41, 5.74) is 2.04. The number of aryl methyl sites for hydroxylation is 1. The van der Waals surface area contributed by atoms with Crippen molar-refractivity contribution in [2.24, 2.45) is 0 Å². The van der Waals surface area contributed by atoms with E-state index in [4.69, 9.17) is 4.52 Å². The predicted octanol–water partition coefficient (Wildman–Crippen LogP) is 3.75. The number of pyridine rings is 1. The molecule has 3 heterocycles. The Morgan fingerprint density at radius 2 is 1.93 bits per heavy atom. The van der Waals surface area contributed by atoms with Gasteiger partial charge < -0.3 is 9.84 Å². The van der Waals surface area contributed by atoms with Gasteiger partial charge in [0.05, 0.1) is 0 Å². The van der Waals surface area contributed by atoms with Crippen LogP contribution in [0.25, 0.3) is 11.4 Å². The van der Waals surface area contributed by atoms with Gasteiger partial charge in [0.15, 0.2) is 5.13 Å². The maximum atomic E-state index is 12.2. The first-order valence-corrected chi connectivity index (χ1v) is 9.59. The highest BCUT2D eigenvalue weighted by molar-refractivity contribution is 7.15. The zero-order valence-electron chi connectivity index (χ0n) is 14.9. The summed E-state index contributed by atoms with van der Waals surface area (Å²) in [4.78, 5) is 25.8. The molecule has 28 heavy (non-hydrogen) atoms. The van der Waals surface area contributed by atoms with Gasteiger partial charge in [0.2, 0.25) is 17.6 Å². The molecule has 3 aromatic heterocycles. The topological polar surface area (TPSA) is 93.8 Å². The molecular weight excluding hydrogens is 374 g/mol. The van der Waals surface area contributed by atoms with E-state index in [-0.39, 0.29) is 12.3 Å². The number of amides is 1. The van der Waals surface area contributed by atoms with Crippen molar-refractivity contribution in [1.29, 1.82) is 0 Å². The summed E-state index contributed by atoms with van der Waals surface area (Å²) in [6.45, 7) is 0. The van der Waals surface area contributed by atoms with Gasteiger partial charge in [-0.05, 0) is 17.7 Å². The second kappa shape index (κ2) is 8.53. The number of nitrogens with one attached hydrogen (secondary N) is 1. The van der Waals surface area contributed by atoms with Gasteiger partial charge >= 0.3 is 0 Å². The lowest BCUT2D eigenvalue weighted by Crippen LogP contribution is -2.12. The summed E-state index contributed by atoms with van der Waals surface area (Å²) in [6.07, 6.45) is 6.54. The fourth-order valence-electron chi connectivity index (χ4n) is 2.62. The fraction of sp³-hybridized carbons (Fsp3) is 0.150. The number of hydrogen-bond acceptors (Lipinski definition) is 7. The number of benzene rings is 1. The smallest absolute Gasteiger partial charge is 0.227 e. The monoisotopic (exact) mass is 391 g/mol. The third-order valence-electron chi connectivity index (χ3n) is 3.99. The van der Waals surface area contributed by atoms with Gasteiger partial charge in [-0.25, -0.2) is 4.98 Å². The van der Waals surface area contributed by atoms with Crippen LogP contribution in [0.15, 0.2) is 65.6 Å². The summed E-state index contributed by atoms with van der Waals surface area (Å²) in [6, 6.07) is 13.8. The van der Waals surface area contributed by atoms with Crippen molar-refractivity contribution in [1.82, 2.24) is 20.1 Å². The number of thiazole rings is 1. The second-order valence-corrected chi connectivity index (χ2v) is 7.21. The number of anilines is 1. The van der Waals surface area contributed by atoms with E-state index < -0.39 is 0 Å². The Balaban J connectivity index is 1.29. The second-order valence-electron chi connectivity index (χ2n) is 6.09. The zero-order chi connectivity index (χ0) is 19.2. The van der Waals surface area contributed by atoms with E-state index in [1.807, 2.05) is 18.2 Å². The van der Waals surface area contributed by atoms with Crippen LogP contribution in [0, 0.1) is 0 Å². The van der Waals surface area contributed by atoms with Gasteiger partial charge in [-0.15, -0.1) is 11.3 Å². The Hall–Kier alpha value is -3.39. The molecular formula is C20H17N5O2S. The van der Waals surface area contributed by atoms with Crippen molar-refractivity contribution in [3.63, 3.8) is 0 Å². The Morgan fingerprint density at radius 3 is 2.75 bits per heavy atom. The molecule has 1 amide bonds. The first-order valence-electron chi connectivity index (χ1n) is 8.78. The lowest BCUT2D eigenvalue weighted by atomic mass is 10.1. The lowest BCUT2D eigenvalue weighted by Gasteiger charge is -1.99.